The number of carbonyl (C=O) groups excluding carboxylic acids is 2. The molecule has 126 valence electrons. The molecule has 0 unspecified atom stereocenters. The number of fused-ring (bicyclic) bond motifs is 1. The van der Waals surface area contributed by atoms with Crippen LogP contribution in [0.25, 0.3) is 0 Å². The number of aliphatic imine (C=N–C) groups is 1. The molecule has 0 fully saturated rings. The number of nitrogens with zero attached hydrogens (tertiary/aromatic N) is 1. The van der Waals surface area contributed by atoms with Crippen molar-refractivity contribution >= 4 is 40.6 Å². The van der Waals surface area contributed by atoms with E-state index in [0.29, 0.717) is 17.1 Å². The van der Waals surface area contributed by atoms with E-state index < -0.39 is 5.97 Å². The fraction of sp³-hybridized carbons (Fsp3) is 0.111. The summed E-state index contributed by atoms with van der Waals surface area (Å²) in [5.74, 6) is -1.64. The summed E-state index contributed by atoms with van der Waals surface area (Å²) in [5, 5.41) is 13.9. The third-order valence-electron chi connectivity index (χ3n) is 3.60. The number of hydrogen-bond donors (Lipinski definition) is 3. The van der Waals surface area contributed by atoms with Crippen molar-refractivity contribution in [3.63, 3.8) is 0 Å². The standard InChI is InChI=1S/C18H15N3O4/c22-15(9-10-16(23)24)19-11-5-7-12(8-6-11)20-17-13-3-1-2-4-14(13)21-18(17)25/h1-8H,9-10H2,(H,19,22)(H,23,24)(H,20,21,25). The fourth-order valence-corrected chi connectivity index (χ4v) is 2.41. The number of benzene rings is 2. The van der Waals surface area contributed by atoms with Crippen LogP contribution in [0.15, 0.2) is 53.5 Å². The second-order valence-electron chi connectivity index (χ2n) is 5.45. The molecule has 0 aromatic heterocycles. The molecule has 0 aliphatic carbocycles. The largest absolute Gasteiger partial charge is 0.481 e. The van der Waals surface area contributed by atoms with Crippen LogP contribution in [-0.4, -0.2) is 28.6 Å². The average Bonchev–Trinajstić information content (AvgIpc) is 2.90. The maximum absolute atomic E-state index is 12.0. The zero-order valence-corrected chi connectivity index (χ0v) is 13.2. The van der Waals surface area contributed by atoms with E-state index in [1.165, 1.54) is 0 Å². The van der Waals surface area contributed by atoms with E-state index in [-0.39, 0.29) is 24.7 Å². The maximum Gasteiger partial charge on any atom is 0.303 e. The lowest BCUT2D eigenvalue weighted by molar-refractivity contribution is -0.138. The molecule has 7 nitrogen and oxygen atoms in total. The van der Waals surface area contributed by atoms with Gasteiger partial charge in [-0.15, -0.1) is 0 Å². The van der Waals surface area contributed by atoms with Gasteiger partial charge in [-0.1, -0.05) is 18.2 Å². The van der Waals surface area contributed by atoms with E-state index in [1.807, 2.05) is 24.3 Å². The highest BCUT2D eigenvalue weighted by Gasteiger charge is 2.25. The van der Waals surface area contributed by atoms with Gasteiger partial charge in [-0.3, -0.25) is 14.4 Å². The molecule has 0 saturated carbocycles. The van der Waals surface area contributed by atoms with Gasteiger partial charge < -0.3 is 15.7 Å². The van der Waals surface area contributed by atoms with Gasteiger partial charge in [0.2, 0.25) is 5.91 Å². The van der Waals surface area contributed by atoms with Crippen molar-refractivity contribution in [3.8, 4) is 0 Å². The number of rotatable bonds is 5. The number of carboxylic acid groups (broad SMARTS) is 1. The van der Waals surface area contributed by atoms with Crippen molar-refractivity contribution < 1.29 is 19.5 Å². The molecule has 1 heterocycles. The van der Waals surface area contributed by atoms with E-state index in [4.69, 9.17) is 5.11 Å². The third-order valence-corrected chi connectivity index (χ3v) is 3.60. The first-order valence-electron chi connectivity index (χ1n) is 7.64. The Labute approximate surface area is 143 Å². The lowest BCUT2D eigenvalue weighted by atomic mass is 10.1. The van der Waals surface area contributed by atoms with Crippen LogP contribution in [0.2, 0.25) is 0 Å². The van der Waals surface area contributed by atoms with Crippen molar-refractivity contribution in [2.24, 2.45) is 4.99 Å². The molecular weight excluding hydrogens is 322 g/mol. The Morgan fingerprint density at radius 2 is 1.76 bits per heavy atom. The van der Waals surface area contributed by atoms with Crippen LogP contribution < -0.4 is 10.6 Å². The minimum atomic E-state index is -1.02. The van der Waals surface area contributed by atoms with E-state index >= 15 is 0 Å². The molecule has 0 spiro atoms. The summed E-state index contributed by atoms with van der Waals surface area (Å²) in [6, 6.07) is 14.0. The van der Waals surface area contributed by atoms with Gasteiger partial charge in [0, 0.05) is 17.7 Å². The van der Waals surface area contributed by atoms with Crippen LogP contribution in [0.4, 0.5) is 17.1 Å². The second-order valence-corrected chi connectivity index (χ2v) is 5.45. The molecule has 3 rings (SSSR count). The average molecular weight is 337 g/mol. The third kappa shape index (κ3) is 3.89. The molecule has 0 atom stereocenters. The van der Waals surface area contributed by atoms with Crippen LogP contribution in [0.1, 0.15) is 18.4 Å². The maximum atomic E-state index is 12.0. The van der Waals surface area contributed by atoms with Crippen LogP contribution in [0, 0.1) is 0 Å². The van der Waals surface area contributed by atoms with Gasteiger partial charge in [0.15, 0.2) is 0 Å². The molecule has 3 N–H and O–H groups in total. The topological polar surface area (TPSA) is 108 Å². The Hall–Kier alpha value is -3.48. The van der Waals surface area contributed by atoms with Gasteiger partial charge in [0.05, 0.1) is 17.8 Å². The van der Waals surface area contributed by atoms with Crippen LogP contribution >= 0.6 is 0 Å². The minimum absolute atomic E-state index is 0.0870. The Morgan fingerprint density at radius 3 is 2.48 bits per heavy atom. The molecule has 25 heavy (non-hydrogen) atoms. The Kier molecular flexibility index (Phi) is 4.56. The Balaban J connectivity index is 1.72. The van der Waals surface area contributed by atoms with Crippen molar-refractivity contribution in [1.82, 2.24) is 0 Å². The summed E-state index contributed by atoms with van der Waals surface area (Å²) >= 11 is 0. The van der Waals surface area contributed by atoms with Crippen molar-refractivity contribution in [2.75, 3.05) is 10.6 Å². The lowest BCUT2D eigenvalue weighted by Gasteiger charge is -2.04. The van der Waals surface area contributed by atoms with E-state index in [9.17, 15) is 14.4 Å². The molecule has 2 aromatic rings. The van der Waals surface area contributed by atoms with Gasteiger partial charge in [-0.2, -0.15) is 0 Å². The highest BCUT2D eigenvalue weighted by Crippen LogP contribution is 2.25. The molecule has 1 aliphatic heterocycles. The molecule has 0 radical (unpaired) electrons. The summed E-state index contributed by atoms with van der Waals surface area (Å²) in [5.41, 5.74) is 2.93. The summed E-state index contributed by atoms with van der Waals surface area (Å²) in [6.45, 7) is 0. The molecule has 7 heteroatoms. The summed E-state index contributed by atoms with van der Waals surface area (Å²) in [7, 11) is 0. The van der Waals surface area contributed by atoms with Crippen molar-refractivity contribution in [3.05, 3.63) is 54.1 Å². The quantitative estimate of drug-likeness (QED) is 0.779. The summed E-state index contributed by atoms with van der Waals surface area (Å²) in [4.78, 5) is 38.5. The zero-order chi connectivity index (χ0) is 17.8. The number of carboxylic acids is 1. The second kappa shape index (κ2) is 6.96. The van der Waals surface area contributed by atoms with Gasteiger partial charge in [0.1, 0.15) is 5.71 Å². The van der Waals surface area contributed by atoms with Crippen molar-refractivity contribution in [1.29, 1.82) is 0 Å². The number of carbonyl (C=O) groups is 3. The number of para-hydroxylation sites is 1. The first kappa shape index (κ1) is 16.4. The molecule has 1 aliphatic rings. The van der Waals surface area contributed by atoms with Crippen LogP contribution in [-0.2, 0) is 14.4 Å². The molecule has 2 aromatic carbocycles. The van der Waals surface area contributed by atoms with Crippen LogP contribution in [0.5, 0.6) is 0 Å². The van der Waals surface area contributed by atoms with E-state index in [2.05, 4.69) is 15.6 Å². The first-order valence-corrected chi connectivity index (χ1v) is 7.64. The number of anilines is 2. The predicted molar refractivity (Wildman–Crippen MR) is 93.2 cm³/mol. The SMILES string of the molecule is O=C(O)CCC(=O)Nc1ccc(N=C2C(=O)Nc3ccccc32)cc1. The highest BCUT2D eigenvalue weighted by molar-refractivity contribution is 6.54. The minimum Gasteiger partial charge on any atom is -0.481 e. The Bertz CT molecular complexity index is 872. The van der Waals surface area contributed by atoms with Crippen molar-refractivity contribution in [2.45, 2.75) is 12.8 Å². The number of aliphatic carboxylic acids is 1. The predicted octanol–water partition coefficient (Wildman–Crippen LogP) is 2.56. The number of hydrogen-bond acceptors (Lipinski definition) is 4. The van der Waals surface area contributed by atoms with Gasteiger partial charge >= 0.3 is 5.97 Å². The van der Waals surface area contributed by atoms with Gasteiger partial charge in [-0.25, -0.2) is 4.99 Å². The Morgan fingerprint density at radius 1 is 1.04 bits per heavy atom. The molecular formula is C18H15N3O4. The smallest absolute Gasteiger partial charge is 0.303 e. The van der Waals surface area contributed by atoms with Crippen LogP contribution in [0.3, 0.4) is 0 Å². The monoisotopic (exact) mass is 337 g/mol. The first-order chi connectivity index (χ1) is 12.0. The summed E-state index contributed by atoms with van der Waals surface area (Å²) < 4.78 is 0. The normalized spacial score (nSPS) is 14.1. The fourth-order valence-electron chi connectivity index (χ4n) is 2.41. The lowest BCUT2D eigenvalue weighted by Crippen LogP contribution is -2.14. The van der Waals surface area contributed by atoms with Gasteiger partial charge in [0.25, 0.3) is 5.91 Å². The molecule has 2 amide bonds. The zero-order valence-electron chi connectivity index (χ0n) is 13.2. The molecule has 0 bridgehead atoms. The molecule has 0 saturated heterocycles. The number of nitrogens with one attached hydrogen (secondary N) is 2. The van der Waals surface area contributed by atoms with E-state index in [1.54, 1.807) is 24.3 Å². The highest BCUT2D eigenvalue weighted by atomic mass is 16.4. The number of amides is 2. The van der Waals surface area contributed by atoms with E-state index in [0.717, 1.165) is 11.3 Å². The van der Waals surface area contributed by atoms with Gasteiger partial charge in [-0.05, 0) is 30.3 Å². The summed E-state index contributed by atoms with van der Waals surface area (Å²) in [6.07, 6.45) is -0.303.